The molecule has 1 aromatic heterocycles. The topological polar surface area (TPSA) is 42.0 Å². The summed E-state index contributed by atoms with van der Waals surface area (Å²) in [6, 6.07) is 9.47. The lowest BCUT2D eigenvalue weighted by atomic mass is 9.87. The molecule has 0 saturated heterocycles. The predicted molar refractivity (Wildman–Crippen MR) is 113 cm³/mol. The molecule has 0 fully saturated rings. The van der Waals surface area contributed by atoms with E-state index in [4.69, 9.17) is 23.2 Å². The van der Waals surface area contributed by atoms with Gasteiger partial charge in [-0.3, -0.25) is 9.78 Å². The van der Waals surface area contributed by atoms with Gasteiger partial charge in [0, 0.05) is 22.5 Å². The Kier molecular flexibility index (Phi) is 5.73. The van der Waals surface area contributed by atoms with E-state index in [0.717, 1.165) is 24.1 Å². The van der Waals surface area contributed by atoms with Crippen molar-refractivity contribution in [1.29, 1.82) is 0 Å². The Hall–Kier alpha value is -2.10. The van der Waals surface area contributed by atoms with Gasteiger partial charge in [-0.05, 0) is 42.0 Å². The number of allylic oxidation sites excluding steroid dienone is 4. The summed E-state index contributed by atoms with van der Waals surface area (Å²) >= 11 is 12.6. The van der Waals surface area contributed by atoms with Crippen LogP contribution in [0, 0.1) is 0 Å². The molecule has 0 aliphatic heterocycles. The lowest BCUT2D eigenvalue weighted by Gasteiger charge is -2.19. The first-order chi connectivity index (χ1) is 12.8. The van der Waals surface area contributed by atoms with E-state index in [0.29, 0.717) is 21.3 Å². The molecule has 1 aliphatic carbocycles. The van der Waals surface area contributed by atoms with Gasteiger partial charge in [0.1, 0.15) is 0 Å². The summed E-state index contributed by atoms with van der Waals surface area (Å²) in [4.78, 5) is 16.9. The number of anilines is 1. The van der Waals surface area contributed by atoms with Crippen molar-refractivity contribution in [3.05, 3.63) is 75.6 Å². The number of benzene rings is 1. The number of amides is 1. The van der Waals surface area contributed by atoms with Crippen LogP contribution < -0.4 is 5.32 Å². The summed E-state index contributed by atoms with van der Waals surface area (Å²) in [6.45, 7) is 6.46. The van der Waals surface area contributed by atoms with Gasteiger partial charge in [-0.25, -0.2) is 0 Å². The number of halogens is 2. The second-order valence-electron chi connectivity index (χ2n) is 7.58. The van der Waals surface area contributed by atoms with Crippen LogP contribution in [0.5, 0.6) is 0 Å². The van der Waals surface area contributed by atoms with E-state index in [1.807, 2.05) is 36.4 Å². The van der Waals surface area contributed by atoms with Gasteiger partial charge in [0.05, 0.1) is 16.3 Å². The highest BCUT2D eigenvalue weighted by Gasteiger charge is 2.17. The molecule has 1 aliphatic rings. The second-order valence-corrected chi connectivity index (χ2v) is 8.40. The van der Waals surface area contributed by atoms with Crippen LogP contribution in [-0.4, -0.2) is 10.9 Å². The van der Waals surface area contributed by atoms with Gasteiger partial charge in [-0.1, -0.05) is 68.3 Å². The van der Waals surface area contributed by atoms with Crippen molar-refractivity contribution in [3.63, 3.8) is 0 Å². The minimum atomic E-state index is -0.251. The van der Waals surface area contributed by atoms with Crippen LogP contribution in [0.25, 0.3) is 5.57 Å². The standard InChI is InChI=1S/C22H22Cl2N2O/c1-22(2,3)15-8-10-16(11-9-15)26-21(27)14-12-19(24)20(25-13-14)17-6-4-5-7-18(17)23/h6-13H,4-5H2,1-3H3,(H,26,27). The van der Waals surface area contributed by atoms with Crippen LogP contribution in [0.1, 0.15) is 55.2 Å². The molecule has 1 N–H and O–H groups in total. The minimum Gasteiger partial charge on any atom is -0.322 e. The Morgan fingerprint density at radius 1 is 1.07 bits per heavy atom. The fourth-order valence-corrected chi connectivity index (χ4v) is 3.42. The molecular weight excluding hydrogens is 379 g/mol. The number of pyridine rings is 1. The zero-order chi connectivity index (χ0) is 19.6. The highest BCUT2D eigenvalue weighted by atomic mass is 35.5. The van der Waals surface area contributed by atoms with Crippen LogP contribution in [0.2, 0.25) is 5.02 Å². The van der Waals surface area contributed by atoms with E-state index in [1.54, 1.807) is 6.07 Å². The molecule has 1 aromatic carbocycles. The quantitative estimate of drug-likeness (QED) is 0.631. The summed E-state index contributed by atoms with van der Waals surface area (Å²) < 4.78 is 0. The number of hydrogen-bond acceptors (Lipinski definition) is 2. The highest BCUT2D eigenvalue weighted by molar-refractivity contribution is 6.39. The fourth-order valence-electron chi connectivity index (χ4n) is 2.87. The fraction of sp³-hybridized carbons (Fsp3) is 0.273. The Balaban J connectivity index is 1.77. The molecule has 3 nitrogen and oxygen atoms in total. The van der Waals surface area contributed by atoms with E-state index < -0.39 is 0 Å². The Morgan fingerprint density at radius 3 is 2.33 bits per heavy atom. The van der Waals surface area contributed by atoms with Crippen LogP contribution >= 0.6 is 23.2 Å². The van der Waals surface area contributed by atoms with Crippen molar-refractivity contribution in [3.8, 4) is 0 Å². The van der Waals surface area contributed by atoms with Crippen molar-refractivity contribution in [1.82, 2.24) is 4.98 Å². The molecule has 0 radical (unpaired) electrons. The van der Waals surface area contributed by atoms with Crippen molar-refractivity contribution in [2.24, 2.45) is 0 Å². The third-order valence-electron chi connectivity index (χ3n) is 4.46. The van der Waals surface area contributed by atoms with E-state index in [1.165, 1.54) is 11.8 Å². The third kappa shape index (κ3) is 4.60. The van der Waals surface area contributed by atoms with E-state index >= 15 is 0 Å². The predicted octanol–water partition coefficient (Wildman–Crippen LogP) is 6.58. The lowest BCUT2D eigenvalue weighted by molar-refractivity contribution is 0.102. The Bertz CT molecular complexity index is 922. The molecule has 0 saturated carbocycles. The first-order valence-corrected chi connectivity index (χ1v) is 9.65. The second kappa shape index (κ2) is 7.87. The summed E-state index contributed by atoms with van der Waals surface area (Å²) in [5, 5.41) is 3.94. The van der Waals surface area contributed by atoms with Gasteiger partial charge in [-0.2, -0.15) is 0 Å². The van der Waals surface area contributed by atoms with Gasteiger partial charge in [0.2, 0.25) is 0 Å². The maximum atomic E-state index is 12.5. The van der Waals surface area contributed by atoms with E-state index in [9.17, 15) is 4.79 Å². The maximum absolute atomic E-state index is 12.5. The highest BCUT2D eigenvalue weighted by Crippen LogP contribution is 2.33. The SMILES string of the molecule is CC(C)(C)c1ccc(NC(=O)c2cnc(C3=CCCC=C3Cl)c(Cl)c2)cc1. The van der Waals surface area contributed by atoms with Crippen LogP contribution in [0.3, 0.4) is 0 Å². The van der Waals surface area contributed by atoms with Gasteiger partial charge >= 0.3 is 0 Å². The smallest absolute Gasteiger partial charge is 0.257 e. The zero-order valence-corrected chi connectivity index (χ0v) is 17.2. The first kappa shape index (κ1) is 19.7. The van der Waals surface area contributed by atoms with Crippen LogP contribution in [0.15, 0.2) is 53.7 Å². The van der Waals surface area contributed by atoms with Crippen LogP contribution in [-0.2, 0) is 5.41 Å². The first-order valence-electron chi connectivity index (χ1n) is 8.90. The molecule has 2 aromatic rings. The average Bonchev–Trinajstić information content (AvgIpc) is 2.62. The zero-order valence-electron chi connectivity index (χ0n) is 15.6. The molecule has 140 valence electrons. The molecule has 1 amide bonds. The maximum Gasteiger partial charge on any atom is 0.257 e. The summed E-state index contributed by atoms with van der Waals surface area (Å²) in [7, 11) is 0. The average molecular weight is 401 g/mol. The molecule has 1 heterocycles. The molecule has 0 atom stereocenters. The number of nitrogens with zero attached hydrogens (tertiary/aromatic N) is 1. The monoisotopic (exact) mass is 400 g/mol. The van der Waals surface area contributed by atoms with Crippen molar-refractivity contribution in [2.75, 3.05) is 5.32 Å². The summed E-state index contributed by atoms with van der Waals surface area (Å²) in [6.07, 6.45) is 7.31. The molecule has 0 spiro atoms. The number of aromatic nitrogens is 1. The number of carbonyl (C=O) groups excluding carboxylic acids is 1. The van der Waals surface area contributed by atoms with Crippen molar-refractivity contribution in [2.45, 2.75) is 39.0 Å². The van der Waals surface area contributed by atoms with Crippen LogP contribution in [0.4, 0.5) is 5.69 Å². The number of carbonyl (C=O) groups is 1. The normalized spacial score (nSPS) is 14.4. The van der Waals surface area contributed by atoms with Crippen molar-refractivity contribution >= 4 is 40.4 Å². The lowest BCUT2D eigenvalue weighted by Crippen LogP contribution is -2.14. The number of hydrogen-bond donors (Lipinski definition) is 1. The third-order valence-corrected chi connectivity index (χ3v) is 5.11. The van der Waals surface area contributed by atoms with Gasteiger partial charge in [0.25, 0.3) is 5.91 Å². The summed E-state index contributed by atoms with van der Waals surface area (Å²) in [5.74, 6) is -0.251. The van der Waals surface area contributed by atoms with Gasteiger partial charge in [-0.15, -0.1) is 0 Å². The number of rotatable bonds is 3. The van der Waals surface area contributed by atoms with Gasteiger partial charge in [0.15, 0.2) is 0 Å². The van der Waals surface area contributed by atoms with E-state index in [-0.39, 0.29) is 11.3 Å². The molecule has 0 bridgehead atoms. The molecule has 3 rings (SSSR count). The Morgan fingerprint density at radius 2 is 1.74 bits per heavy atom. The molecule has 0 unspecified atom stereocenters. The minimum absolute atomic E-state index is 0.0688. The molecule has 27 heavy (non-hydrogen) atoms. The largest absolute Gasteiger partial charge is 0.322 e. The van der Waals surface area contributed by atoms with E-state index in [2.05, 4.69) is 31.1 Å². The number of nitrogens with one attached hydrogen (secondary N) is 1. The van der Waals surface area contributed by atoms with Gasteiger partial charge < -0.3 is 5.32 Å². The molecular formula is C22H22Cl2N2O. The summed E-state index contributed by atoms with van der Waals surface area (Å²) in [5.41, 5.74) is 3.83. The molecule has 5 heteroatoms. The van der Waals surface area contributed by atoms with Crippen molar-refractivity contribution < 1.29 is 4.79 Å². The Labute approximate surface area is 170 Å².